The van der Waals surface area contributed by atoms with Crippen LogP contribution in [-0.2, 0) is 11.3 Å². The SMILES string of the molecule is C=C(Br)COCc1ccccc1. The summed E-state index contributed by atoms with van der Waals surface area (Å²) in [4.78, 5) is 0. The maximum atomic E-state index is 5.33. The molecule has 1 rings (SSSR count). The number of hydrogen-bond donors (Lipinski definition) is 0. The maximum Gasteiger partial charge on any atom is 0.0780 e. The van der Waals surface area contributed by atoms with Crippen LogP contribution in [0.5, 0.6) is 0 Å². The molecule has 0 radical (unpaired) electrons. The summed E-state index contributed by atoms with van der Waals surface area (Å²) < 4.78 is 6.21. The van der Waals surface area contributed by atoms with Crippen LogP contribution in [0.25, 0.3) is 0 Å². The molecule has 1 aromatic rings. The smallest absolute Gasteiger partial charge is 0.0780 e. The molecule has 0 amide bonds. The minimum absolute atomic E-state index is 0.564. The van der Waals surface area contributed by atoms with Crippen molar-refractivity contribution in [2.75, 3.05) is 6.61 Å². The van der Waals surface area contributed by atoms with Crippen molar-refractivity contribution in [1.82, 2.24) is 0 Å². The normalized spacial score (nSPS) is 9.75. The minimum atomic E-state index is 0.564. The second kappa shape index (κ2) is 5.12. The lowest BCUT2D eigenvalue weighted by Gasteiger charge is -2.01. The van der Waals surface area contributed by atoms with Gasteiger partial charge in [0, 0.05) is 4.48 Å². The van der Waals surface area contributed by atoms with Crippen LogP contribution in [0.4, 0.5) is 0 Å². The summed E-state index contributed by atoms with van der Waals surface area (Å²) in [6, 6.07) is 10.1. The zero-order chi connectivity index (χ0) is 8.81. The van der Waals surface area contributed by atoms with E-state index in [1.165, 1.54) is 5.56 Å². The van der Waals surface area contributed by atoms with Crippen molar-refractivity contribution in [1.29, 1.82) is 0 Å². The van der Waals surface area contributed by atoms with Gasteiger partial charge in [0.25, 0.3) is 0 Å². The predicted molar refractivity (Wildman–Crippen MR) is 54.2 cm³/mol. The molecular weight excluding hydrogens is 216 g/mol. The number of hydrogen-bond acceptors (Lipinski definition) is 1. The molecule has 0 N–H and O–H groups in total. The van der Waals surface area contributed by atoms with Gasteiger partial charge in [-0.25, -0.2) is 0 Å². The van der Waals surface area contributed by atoms with E-state index in [0.29, 0.717) is 13.2 Å². The lowest BCUT2D eigenvalue weighted by atomic mass is 10.2. The van der Waals surface area contributed by atoms with Gasteiger partial charge in [0.2, 0.25) is 0 Å². The van der Waals surface area contributed by atoms with E-state index < -0.39 is 0 Å². The van der Waals surface area contributed by atoms with Crippen LogP contribution < -0.4 is 0 Å². The summed E-state index contributed by atoms with van der Waals surface area (Å²) in [5.41, 5.74) is 1.19. The molecule has 0 aliphatic carbocycles. The van der Waals surface area contributed by atoms with Crippen LogP contribution in [0.3, 0.4) is 0 Å². The standard InChI is InChI=1S/C10H11BrO/c1-9(11)7-12-8-10-5-3-2-4-6-10/h2-6H,1,7-8H2. The second-order valence-electron chi connectivity index (χ2n) is 2.50. The Kier molecular flexibility index (Phi) is 4.05. The largest absolute Gasteiger partial charge is 0.372 e. The van der Waals surface area contributed by atoms with E-state index >= 15 is 0 Å². The van der Waals surface area contributed by atoms with E-state index in [1.807, 2.05) is 30.3 Å². The lowest BCUT2D eigenvalue weighted by Crippen LogP contribution is -1.93. The molecule has 0 fully saturated rings. The summed E-state index contributed by atoms with van der Waals surface area (Å²) >= 11 is 3.23. The van der Waals surface area contributed by atoms with Crippen molar-refractivity contribution in [2.45, 2.75) is 6.61 Å². The highest BCUT2D eigenvalue weighted by Crippen LogP contribution is 2.04. The van der Waals surface area contributed by atoms with Gasteiger partial charge in [-0.3, -0.25) is 0 Å². The fourth-order valence-electron chi connectivity index (χ4n) is 0.854. The Morgan fingerprint density at radius 1 is 1.33 bits per heavy atom. The molecule has 0 atom stereocenters. The highest BCUT2D eigenvalue weighted by molar-refractivity contribution is 9.11. The van der Waals surface area contributed by atoms with Crippen molar-refractivity contribution in [2.24, 2.45) is 0 Å². The van der Waals surface area contributed by atoms with Crippen LogP contribution in [0, 0.1) is 0 Å². The molecule has 0 saturated carbocycles. The van der Waals surface area contributed by atoms with Gasteiger partial charge in [0.15, 0.2) is 0 Å². The molecule has 0 saturated heterocycles. The van der Waals surface area contributed by atoms with Gasteiger partial charge in [-0.05, 0) is 5.56 Å². The van der Waals surface area contributed by atoms with Gasteiger partial charge < -0.3 is 4.74 Å². The third-order valence-electron chi connectivity index (χ3n) is 1.37. The van der Waals surface area contributed by atoms with E-state index in [-0.39, 0.29) is 0 Å². The summed E-state index contributed by atoms with van der Waals surface area (Å²) in [6.07, 6.45) is 0. The molecule has 0 bridgehead atoms. The Morgan fingerprint density at radius 3 is 2.58 bits per heavy atom. The van der Waals surface area contributed by atoms with Crippen LogP contribution in [0.2, 0.25) is 0 Å². The van der Waals surface area contributed by atoms with Crippen molar-refractivity contribution in [3.05, 3.63) is 47.0 Å². The minimum Gasteiger partial charge on any atom is -0.372 e. The Morgan fingerprint density at radius 2 is 2.00 bits per heavy atom. The first-order valence-corrected chi connectivity index (χ1v) is 4.53. The van der Waals surface area contributed by atoms with Crippen LogP contribution >= 0.6 is 15.9 Å². The molecule has 2 heteroatoms. The molecule has 1 aromatic carbocycles. The maximum absolute atomic E-state index is 5.33. The highest BCUT2D eigenvalue weighted by atomic mass is 79.9. The summed E-state index contributed by atoms with van der Waals surface area (Å²) in [5, 5.41) is 0. The third kappa shape index (κ3) is 3.69. The van der Waals surface area contributed by atoms with Gasteiger partial charge in [-0.2, -0.15) is 0 Å². The van der Waals surface area contributed by atoms with E-state index in [4.69, 9.17) is 4.74 Å². The average Bonchev–Trinajstić information content (AvgIpc) is 2.05. The second-order valence-corrected chi connectivity index (χ2v) is 3.62. The van der Waals surface area contributed by atoms with Crippen molar-refractivity contribution in [3.63, 3.8) is 0 Å². The van der Waals surface area contributed by atoms with Gasteiger partial charge in [0.1, 0.15) is 0 Å². The quantitative estimate of drug-likeness (QED) is 0.767. The molecule has 64 valence electrons. The summed E-state index contributed by atoms with van der Waals surface area (Å²) in [5.74, 6) is 0. The van der Waals surface area contributed by atoms with Crippen molar-refractivity contribution in [3.8, 4) is 0 Å². The Hall–Kier alpha value is -0.600. The topological polar surface area (TPSA) is 9.23 Å². The number of rotatable bonds is 4. The number of ether oxygens (including phenoxy) is 1. The molecule has 0 heterocycles. The van der Waals surface area contributed by atoms with Gasteiger partial charge in [0.05, 0.1) is 13.2 Å². The summed E-state index contributed by atoms with van der Waals surface area (Å²) in [6.45, 7) is 4.89. The molecule has 1 nitrogen and oxygen atoms in total. The molecule has 12 heavy (non-hydrogen) atoms. The summed E-state index contributed by atoms with van der Waals surface area (Å²) in [7, 11) is 0. The van der Waals surface area contributed by atoms with Crippen LogP contribution in [-0.4, -0.2) is 6.61 Å². The molecule has 0 aliphatic heterocycles. The van der Waals surface area contributed by atoms with Crippen molar-refractivity contribution >= 4 is 15.9 Å². The Labute approximate surface area is 81.2 Å². The highest BCUT2D eigenvalue weighted by Gasteiger charge is 1.91. The van der Waals surface area contributed by atoms with Crippen molar-refractivity contribution < 1.29 is 4.74 Å². The van der Waals surface area contributed by atoms with E-state index in [2.05, 4.69) is 22.5 Å². The molecule has 0 aliphatic rings. The zero-order valence-electron chi connectivity index (χ0n) is 6.79. The monoisotopic (exact) mass is 226 g/mol. The molecule has 0 unspecified atom stereocenters. The first kappa shape index (κ1) is 9.49. The van der Waals surface area contributed by atoms with Crippen LogP contribution in [0.15, 0.2) is 41.4 Å². The first-order valence-electron chi connectivity index (χ1n) is 3.74. The lowest BCUT2D eigenvalue weighted by molar-refractivity contribution is 0.147. The predicted octanol–water partition coefficient (Wildman–Crippen LogP) is 3.11. The third-order valence-corrected chi connectivity index (χ3v) is 1.60. The average molecular weight is 227 g/mol. The molecule has 0 aromatic heterocycles. The van der Waals surface area contributed by atoms with E-state index in [0.717, 1.165) is 4.48 Å². The zero-order valence-corrected chi connectivity index (χ0v) is 8.38. The number of halogens is 1. The fraction of sp³-hybridized carbons (Fsp3) is 0.200. The molecular formula is C10H11BrO. The van der Waals surface area contributed by atoms with Crippen LogP contribution in [0.1, 0.15) is 5.56 Å². The van der Waals surface area contributed by atoms with Gasteiger partial charge in [-0.15, -0.1) is 0 Å². The van der Waals surface area contributed by atoms with Gasteiger partial charge in [-0.1, -0.05) is 52.8 Å². The van der Waals surface area contributed by atoms with Gasteiger partial charge >= 0.3 is 0 Å². The Balaban J connectivity index is 2.29. The fourth-order valence-corrected chi connectivity index (χ4v) is 1.02. The Bertz CT molecular complexity index is 243. The first-order chi connectivity index (χ1) is 5.79. The number of benzene rings is 1. The molecule has 0 spiro atoms. The van der Waals surface area contributed by atoms with E-state index in [9.17, 15) is 0 Å². The van der Waals surface area contributed by atoms with E-state index in [1.54, 1.807) is 0 Å².